The van der Waals surface area contributed by atoms with Crippen molar-refractivity contribution in [3.05, 3.63) is 71.4 Å². The van der Waals surface area contributed by atoms with E-state index < -0.39 is 5.72 Å². The van der Waals surface area contributed by atoms with Gasteiger partial charge in [0.2, 0.25) is 0 Å². The topological polar surface area (TPSA) is 56.3 Å². The van der Waals surface area contributed by atoms with Crippen molar-refractivity contribution in [3.8, 4) is 0 Å². The second-order valence-electron chi connectivity index (χ2n) is 7.03. The molecule has 0 saturated carbocycles. The summed E-state index contributed by atoms with van der Waals surface area (Å²) in [6.07, 6.45) is 5.14. The molecular weight excluding hydrogens is 324 g/mol. The maximum Gasteiger partial charge on any atom is 0.256 e. The second kappa shape index (κ2) is 6.61. The Labute approximate surface area is 153 Å². The van der Waals surface area contributed by atoms with Gasteiger partial charge in [-0.2, -0.15) is 0 Å². The maximum atomic E-state index is 13.0. The third-order valence-electron chi connectivity index (χ3n) is 5.44. The fourth-order valence-corrected chi connectivity index (χ4v) is 4.03. The average molecular weight is 348 g/mol. The first-order valence-electron chi connectivity index (χ1n) is 9.34. The minimum atomic E-state index is -1.20. The van der Waals surface area contributed by atoms with Crippen molar-refractivity contribution in [2.45, 2.75) is 38.3 Å². The lowest BCUT2D eigenvalue weighted by molar-refractivity contribution is -0.0909. The highest BCUT2D eigenvalue weighted by Crippen LogP contribution is 2.40. The Morgan fingerprint density at radius 2 is 1.88 bits per heavy atom. The number of para-hydroxylation sites is 1. The fourth-order valence-electron chi connectivity index (χ4n) is 4.03. The highest BCUT2D eigenvalue weighted by atomic mass is 16.3. The highest BCUT2D eigenvalue weighted by Gasteiger charge is 2.47. The van der Waals surface area contributed by atoms with Gasteiger partial charge in [0.05, 0.1) is 0 Å². The zero-order valence-corrected chi connectivity index (χ0v) is 15.0. The van der Waals surface area contributed by atoms with E-state index in [4.69, 9.17) is 0 Å². The van der Waals surface area contributed by atoms with E-state index in [9.17, 15) is 9.90 Å². The number of hydrogen-bond acceptors (Lipinski definition) is 2. The number of aromatic amines is 1. The van der Waals surface area contributed by atoms with E-state index in [1.807, 2.05) is 48.7 Å². The van der Waals surface area contributed by atoms with Gasteiger partial charge in [-0.25, -0.2) is 0 Å². The van der Waals surface area contributed by atoms with Crippen LogP contribution in [0.3, 0.4) is 0 Å². The van der Waals surface area contributed by atoms with Crippen molar-refractivity contribution in [1.82, 2.24) is 9.88 Å². The zero-order chi connectivity index (χ0) is 18.1. The molecule has 1 atom stereocenters. The van der Waals surface area contributed by atoms with Gasteiger partial charge < -0.3 is 15.0 Å². The molecule has 0 bridgehead atoms. The molecular formula is C22H24N2O2. The lowest BCUT2D eigenvalue weighted by atomic mass is 9.96. The summed E-state index contributed by atoms with van der Waals surface area (Å²) in [5.41, 5.74) is 2.44. The van der Waals surface area contributed by atoms with Crippen molar-refractivity contribution in [3.63, 3.8) is 0 Å². The predicted octanol–water partition coefficient (Wildman–Crippen LogP) is 4.20. The van der Waals surface area contributed by atoms with Crippen molar-refractivity contribution in [1.29, 1.82) is 0 Å². The van der Waals surface area contributed by atoms with Gasteiger partial charge in [-0.3, -0.25) is 4.79 Å². The number of benzene rings is 2. The van der Waals surface area contributed by atoms with Crippen molar-refractivity contribution in [2.75, 3.05) is 6.54 Å². The molecule has 0 saturated heterocycles. The molecule has 2 heterocycles. The largest absolute Gasteiger partial charge is 0.367 e. The van der Waals surface area contributed by atoms with E-state index in [-0.39, 0.29) is 5.91 Å². The van der Waals surface area contributed by atoms with Crippen LogP contribution >= 0.6 is 0 Å². The van der Waals surface area contributed by atoms with Gasteiger partial charge in [0.1, 0.15) is 0 Å². The normalized spacial score (nSPS) is 19.3. The smallest absolute Gasteiger partial charge is 0.256 e. The van der Waals surface area contributed by atoms with Gasteiger partial charge in [-0.15, -0.1) is 0 Å². The molecule has 0 aliphatic carbocycles. The first-order chi connectivity index (χ1) is 12.6. The molecule has 4 rings (SSSR count). The number of nitrogens with zero attached hydrogens (tertiary/aromatic N) is 1. The van der Waals surface area contributed by atoms with Gasteiger partial charge in [-0.1, -0.05) is 49.7 Å². The first-order valence-corrected chi connectivity index (χ1v) is 9.34. The molecule has 0 spiro atoms. The van der Waals surface area contributed by atoms with Crippen LogP contribution in [0, 0.1) is 0 Å². The molecule has 0 radical (unpaired) electrons. The molecule has 2 aromatic carbocycles. The molecule has 1 unspecified atom stereocenters. The summed E-state index contributed by atoms with van der Waals surface area (Å²) in [6.45, 7) is 2.60. The summed E-state index contributed by atoms with van der Waals surface area (Å²) in [6, 6.07) is 15.6. The number of amides is 1. The molecule has 1 amide bonds. The number of carbonyl (C=O) groups is 1. The number of aromatic nitrogens is 1. The summed E-state index contributed by atoms with van der Waals surface area (Å²) in [5, 5.41) is 12.6. The first kappa shape index (κ1) is 16.9. The van der Waals surface area contributed by atoms with Crippen LogP contribution in [-0.2, 0) is 12.1 Å². The monoisotopic (exact) mass is 348 g/mol. The predicted molar refractivity (Wildman–Crippen MR) is 103 cm³/mol. The summed E-state index contributed by atoms with van der Waals surface area (Å²) in [4.78, 5) is 17.9. The zero-order valence-electron chi connectivity index (χ0n) is 15.0. The number of fused-ring (bicyclic) bond motifs is 2. The van der Waals surface area contributed by atoms with Gasteiger partial charge in [0.15, 0.2) is 5.72 Å². The molecule has 0 fully saturated rings. The summed E-state index contributed by atoms with van der Waals surface area (Å²) >= 11 is 0. The third kappa shape index (κ3) is 2.61. The lowest BCUT2D eigenvalue weighted by Gasteiger charge is -2.34. The van der Waals surface area contributed by atoms with Crippen molar-refractivity contribution < 1.29 is 9.90 Å². The number of hydrogen-bond donors (Lipinski definition) is 2. The summed E-state index contributed by atoms with van der Waals surface area (Å²) < 4.78 is 0. The van der Waals surface area contributed by atoms with E-state index >= 15 is 0 Å². The highest BCUT2D eigenvalue weighted by molar-refractivity contribution is 5.99. The fraction of sp³-hybridized carbons (Fsp3) is 0.318. The van der Waals surface area contributed by atoms with E-state index in [0.29, 0.717) is 24.9 Å². The van der Waals surface area contributed by atoms with Crippen LogP contribution in [0.15, 0.2) is 54.7 Å². The van der Waals surface area contributed by atoms with Crippen LogP contribution in [0.1, 0.15) is 47.7 Å². The van der Waals surface area contributed by atoms with Crippen LogP contribution in [0.5, 0.6) is 0 Å². The second-order valence-corrected chi connectivity index (χ2v) is 7.03. The van der Waals surface area contributed by atoms with Crippen LogP contribution in [-0.4, -0.2) is 27.4 Å². The van der Waals surface area contributed by atoms with Gasteiger partial charge in [-0.05, 0) is 37.0 Å². The molecule has 1 aromatic heterocycles. The lowest BCUT2D eigenvalue weighted by Crippen LogP contribution is -2.44. The number of aliphatic hydroxyl groups is 1. The Bertz CT molecular complexity index is 946. The third-order valence-corrected chi connectivity index (χ3v) is 5.44. The minimum Gasteiger partial charge on any atom is -0.367 e. The van der Waals surface area contributed by atoms with Crippen LogP contribution in [0.4, 0.5) is 0 Å². The number of nitrogens with one attached hydrogen (secondary N) is 1. The molecule has 4 heteroatoms. The van der Waals surface area contributed by atoms with Crippen LogP contribution in [0.2, 0.25) is 0 Å². The Morgan fingerprint density at radius 1 is 1.12 bits per heavy atom. The summed E-state index contributed by atoms with van der Waals surface area (Å²) in [5.74, 6) is -0.0703. The SMILES string of the molecule is CCCCC1(O)c2ccccc2C(=O)N1CCc1c[nH]c2ccccc12. The van der Waals surface area contributed by atoms with E-state index in [0.717, 1.165) is 23.9 Å². The number of H-pyrrole nitrogens is 1. The molecule has 2 N–H and O–H groups in total. The van der Waals surface area contributed by atoms with Gasteiger partial charge >= 0.3 is 0 Å². The molecule has 1 aliphatic heterocycles. The van der Waals surface area contributed by atoms with Gasteiger partial charge in [0.25, 0.3) is 5.91 Å². The van der Waals surface area contributed by atoms with Crippen LogP contribution < -0.4 is 0 Å². The molecule has 1 aliphatic rings. The van der Waals surface area contributed by atoms with Crippen LogP contribution in [0.25, 0.3) is 10.9 Å². The Kier molecular flexibility index (Phi) is 4.29. The molecule has 134 valence electrons. The summed E-state index contributed by atoms with van der Waals surface area (Å²) in [7, 11) is 0. The minimum absolute atomic E-state index is 0.0703. The molecule has 3 aromatic rings. The number of carbonyl (C=O) groups excluding carboxylic acids is 1. The molecule has 4 nitrogen and oxygen atoms in total. The molecule has 26 heavy (non-hydrogen) atoms. The van der Waals surface area contributed by atoms with E-state index in [2.05, 4.69) is 18.0 Å². The quantitative estimate of drug-likeness (QED) is 0.701. The number of rotatable bonds is 6. The van der Waals surface area contributed by atoms with Gasteiger partial charge in [0, 0.05) is 34.8 Å². The Hall–Kier alpha value is -2.59. The average Bonchev–Trinajstić information content (AvgIpc) is 3.17. The Morgan fingerprint density at radius 3 is 2.73 bits per heavy atom. The van der Waals surface area contributed by atoms with E-state index in [1.54, 1.807) is 4.90 Å². The van der Waals surface area contributed by atoms with Crippen molar-refractivity contribution in [2.24, 2.45) is 0 Å². The standard InChI is InChI=1S/C22H24N2O2/c1-2-3-13-22(26)19-10-6-4-9-18(19)21(25)24(22)14-12-16-15-23-20-11-7-5-8-17(16)20/h4-11,15,23,26H,2-3,12-14H2,1H3. The van der Waals surface area contributed by atoms with E-state index in [1.165, 1.54) is 10.9 Å². The number of unbranched alkanes of at least 4 members (excludes halogenated alkanes) is 1. The van der Waals surface area contributed by atoms with Crippen molar-refractivity contribution >= 4 is 16.8 Å². The Balaban J connectivity index is 1.63. The maximum absolute atomic E-state index is 13.0.